The third-order valence-electron chi connectivity index (χ3n) is 6.30. The van der Waals surface area contributed by atoms with Crippen molar-refractivity contribution < 1.29 is 14.9 Å². The van der Waals surface area contributed by atoms with Crippen LogP contribution in [0.5, 0.6) is 0 Å². The third kappa shape index (κ3) is 3.03. The molecule has 4 rings (SSSR count). The molecule has 2 atom stereocenters. The molecule has 1 spiro atoms. The molecule has 0 unspecified atom stereocenters. The van der Waals surface area contributed by atoms with Crippen molar-refractivity contribution in [1.82, 2.24) is 9.88 Å². The number of hydrogen-bond donors (Lipinski definition) is 2. The summed E-state index contributed by atoms with van der Waals surface area (Å²) in [5.41, 5.74) is 1.97. The summed E-state index contributed by atoms with van der Waals surface area (Å²) in [6.07, 6.45) is 2.98. The van der Waals surface area contributed by atoms with Crippen LogP contribution in [0.25, 0.3) is 10.9 Å². The number of benzene rings is 1. The molecule has 2 saturated heterocycles. The van der Waals surface area contributed by atoms with Crippen LogP contribution < -0.4 is 0 Å². The molecule has 0 amide bonds. The highest BCUT2D eigenvalue weighted by Crippen LogP contribution is 2.40. The van der Waals surface area contributed by atoms with Crippen molar-refractivity contribution in [2.45, 2.75) is 57.0 Å². The van der Waals surface area contributed by atoms with Gasteiger partial charge in [-0.2, -0.15) is 0 Å². The third-order valence-corrected chi connectivity index (χ3v) is 6.30. The highest BCUT2D eigenvalue weighted by atomic mass is 16.5. The number of piperidine rings is 1. The number of aliphatic hydroxyl groups is 2. The van der Waals surface area contributed by atoms with Gasteiger partial charge in [0.25, 0.3) is 0 Å². The molecule has 0 saturated carbocycles. The Morgan fingerprint density at radius 3 is 2.77 bits per heavy atom. The molecule has 5 nitrogen and oxygen atoms in total. The van der Waals surface area contributed by atoms with E-state index in [4.69, 9.17) is 4.74 Å². The van der Waals surface area contributed by atoms with Crippen molar-refractivity contribution in [2.75, 3.05) is 19.7 Å². The maximum atomic E-state index is 10.7. The normalized spacial score (nSPS) is 29.3. The molecule has 2 N–H and O–H groups in total. The van der Waals surface area contributed by atoms with Gasteiger partial charge in [-0.15, -0.1) is 0 Å². The molecule has 0 aliphatic carbocycles. The molecular weight excluding hydrogens is 328 g/mol. The van der Waals surface area contributed by atoms with E-state index in [2.05, 4.69) is 35.0 Å². The SMILES string of the molecule is Cc1ccc2ncccc2c1CN1CCC2(CC1)OCC[C@@](C)(O)[C@@H]2O. The maximum Gasteiger partial charge on any atom is 0.111 e. The number of rotatable bonds is 2. The molecule has 3 heterocycles. The lowest BCUT2D eigenvalue weighted by molar-refractivity contribution is -0.246. The van der Waals surface area contributed by atoms with Crippen LogP contribution in [0, 0.1) is 6.92 Å². The first-order valence-corrected chi connectivity index (χ1v) is 9.51. The Balaban J connectivity index is 1.51. The second-order valence-electron chi connectivity index (χ2n) is 8.13. The van der Waals surface area contributed by atoms with Gasteiger partial charge >= 0.3 is 0 Å². The predicted molar refractivity (Wildman–Crippen MR) is 101 cm³/mol. The van der Waals surface area contributed by atoms with E-state index < -0.39 is 17.3 Å². The Labute approximate surface area is 154 Å². The van der Waals surface area contributed by atoms with Gasteiger partial charge in [-0.05, 0) is 49.9 Å². The zero-order valence-electron chi connectivity index (χ0n) is 15.6. The molecule has 0 radical (unpaired) electrons. The van der Waals surface area contributed by atoms with E-state index in [9.17, 15) is 10.2 Å². The molecule has 1 aromatic heterocycles. The van der Waals surface area contributed by atoms with Crippen LogP contribution in [0.15, 0.2) is 30.5 Å². The van der Waals surface area contributed by atoms with Crippen molar-refractivity contribution in [1.29, 1.82) is 0 Å². The highest BCUT2D eigenvalue weighted by molar-refractivity contribution is 5.83. The number of ether oxygens (including phenoxy) is 1. The molecule has 2 aliphatic heterocycles. The van der Waals surface area contributed by atoms with Gasteiger partial charge in [0.05, 0.1) is 23.3 Å². The van der Waals surface area contributed by atoms with Crippen LogP contribution in [0.1, 0.15) is 37.3 Å². The molecule has 2 fully saturated rings. The summed E-state index contributed by atoms with van der Waals surface area (Å²) >= 11 is 0. The topological polar surface area (TPSA) is 65.8 Å². The van der Waals surface area contributed by atoms with E-state index >= 15 is 0 Å². The van der Waals surface area contributed by atoms with Crippen molar-refractivity contribution >= 4 is 10.9 Å². The Morgan fingerprint density at radius 1 is 1.23 bits per heavy atom. The lowest BCUT2D eigenvalue weighted by atomic mass is 9.75. The van der Waals surface area contributed by atoms with E-state index in [0.717, 1.165) is 38.0 Å². The van der Waals surface area contributed by atoms with E-state index in [1.807, 2.05) is 12.3 Å². The fraction of sp³-hybridized carbons (Fsp3) is 0.571. The molecule has 1 aromatic carbocycles. The second-order valence-corrected chi connectivity index (χ2v) is 8.13. The van der Waals surface area contributed by atoms with E-state index in [0.29, 0.717) is 13.0 Å². The number of fused-ring (bicyclic) bond motifs is 1. The Kier molecular flexibility index (Phi) is 4.51. The van der Waals surface area contributed by atoms with Gasteiger partial charge in [-0.25, -0.2) is 0 Å². The first-order valence-electron chi connectivity index (χ1n) is 9.51. The zero-order valence-corrected chi connectivity index (χ0v) is 15.6. The van der Waals surface area contributed by atoms with Crippen molar-refractivity contribution in [3.8, 4) is 0 Å². The largest absolute Gasteiger partial charge is 0.387 e. The van der Waals surface area contributed by atoms with Crippen LogP contribution in [0.2, 0.25) is 0 Å². The van der Waals surface area contributed by atoms with Crippen molar-refractivity contribution in [3.63, 3.8) is 0 Å². The maximum absolute atomic E-state index is 10.7. The van der Waals surface area contributed by atoms with Crippen molar-refractivity contribution in [2.24, 2.45) is 0 Å². The minimum absolute atomic E-state index is 0.488. The number of likely N-dealkylation sites (tertiary alicyclic amines) is 1. The van der Waals surface area contributed by atoms with Gasteiger partial charge in [0.1, 0.15) is 6.10 Å². The molecule has 140 valence electrons. The van der Waals surface area contributed by atoms with Crippen LogP contribution in [0.4, 0.5) is 0 Å². The second kappa shape index (κ2) is 6.57. The van der Waals surface area contributed by atoms with E-state index in [1.54, 1.807) is 6.92 Å². The van der Waals surface area contributed by atoms with Crippen LogP contribution in [-0.2, 0) is 11.3 Å². The summed E-state index contributed by atoms with van der Waals surface area (Å²) in [4.78, 5) is 6.89. The monoisotopic (exact) mass is 356 g/mol. The fourth-order valence-corrected chi connectivity index (χ4v) is 4.51. The minimum atomic E-state index is -1.06. The molecule has 26 heavy (non-hydrogen) atoms. The molecule has 0 bridgehead atoms. The minimum Gasteiger partial charge on any atom is -0.387 e. The predicted octanol–water partition coefficient (Wildman–Crippen LogP) is 2.41. The van der Waals surface area contributed by atoms with Gasteiger partial charge in [0, 0.05) is 37.6 Å². The molecule has 2 aliphatic rings. The Bertz CT molecular complexity index is 797. The van der Waals surface area contributed by atoms with Crippen molar-refractivity contribution in [3.05, 3.63) is 41.6 Å². The zero-order chi connectivity index (χ0) is 18.4. The molecule has 2 aromatic rings. The summed E-state index contributed by atoms with van der Waals surface area (Å²) in [6, 6.07) is 8.35. The van der Waals surface area contributed by atoms with Gasteiger partial charge in [0.15, 0.2) is 0 Å². The van der Waals surface area contributed by atoms with Crippen LogP contribution in [-0.4, -0.2) is 57.1 Å². The average molecular weight is 356 g/mol. The summed E-state index contributed by atoms with van der Waals surface area (Å²) in [5.74, 6) is 0. The molecule has 5 heteroatoms. The lowest BCUT2D eigenvalue weighted by Gasteiger charge is -2.51. The lowest BCUT2D eigenvalue weighted by Crippen LogP contribution is -2.64. The van der Waals surface area contributed by atoms with Gasteiger partial charge < -0.3 is 14.9 Å². The highest BCUT2D eigenvalue weighted by Gasteiger charge is 2.52. The smallest absolute Gasteiger partial charge is 0.111 e. The van der Waals surface area contributed by atoms with E-state index in [-0.39, 0.29) is 0 Å². The number of pyridine rings is 1. The first kappa shape index (κ1) is 17.9. The Hall–Kier alpha value is -1.53. The molecular formula is C21H28N2O3. The number of nitrogens with zero attached hydrogens (tertiary/aromatic N) is 2. The Morgan fingerprint density at radius 2 is 2.00 bits per heavy atom. The number of aromatic nitrogens is 1. The number of hydrogen-bond acceptors (Lipinski definition) is 5. The number of aliphatic hydroxyl groups excluding tert-OH is 1. The first-order chi connectivity index (χ1) is 12.4. The van der Waals surface area contributed by atoms with E-state index in [1.165, 1.54) is 16.5 Å². The summed E-state index contributed by atoms with van der Waals surface area (Å²) in [5, 5.41) is 22.4. The van der Waals surface area contributed by atoms with Crippen LogP contribution >= 0.6 is 0 Å². The summed E-state index contributed by atoms with van der Waals surface area (Å²) in [7, 11) is 0. The summed E-state index contributed by atoms with van der Waals surface area (Å²) < 4.78 is 6.00. The number of aryl methyl sites for hydroxylation is 1. The fourth-order valence-electron chi connectivity index (χ4n) is 4.51. The quantitative estimate of drug-likeness (QED) is 0.865. The standard InChI is InChI=1S/C21H28N2O3/c1-15-5-6-18-16(4-3-10-22-18)17(15)14-23-11-7-21(8-12-23)19(24)20(2,25)9-13-26-21/h3-6,10,19,24-25H,7-9,11-14H2,1-2H3/t19-,20+/m0/s1. The van der Waals surface area contributed by atoms with Gasteiger partial charge in [-0.3, -0.25) is 9.88 Å². The summed E-state index contributed by atoms with van der Waals surface area (Å²) in [6.45, 7) is 6.96. The average Bonchev–Trinajstić information content (AvgIpc) is 2.64. The van der Waals surface area contributed by atoms with Gasteiger partial charge in [0.2, 0.25) is 0 Å². The van der Waals surface area contributed by atoms with Crippen LogP contribution in [0.3, 0.4) is 0 Å². The van der Waals surface area contributed by atoms with Gasteiger partial charge in [-0.1, -0.05) is 12.1 Å².